The fraction of sp³-hybridized carbons (Fsp3) is 0.308. The molecule has 0 heterocycles. The molecule has 0 fully saturated rings. The first kappa shape index (κ1) is 15.3. The van der Waals surface area contributed by atoms with E-state index in [2.05, 4.69) is 16.2 Å². The highest BCUT2D eigenvalue weighted by Crippen LogP contribution is 2.26. The van der Waals surface area contributed by atoms with Crippen LogP contribution in [0, 0.1) is 11.5 Å². The molecular formula is C13H13F3O2Si. The summed E-state index contributed by atoms with van der Waals surface area (Å²) < 4.78 is 40.1. The number of rotatable bonds is 2. The maximum atomic E-state index is 12.1. The highest BCUT2D eigenvalue weighted by Gasteiger charge is 2.32. The fourth-order valence-corrected chi connectivity index (χ4v) is 1.71. The molecule has 0 aromatic heterocycles. The van der Waals surface area contributed by atoms with Crippen molar-refractivity contribution in [2.24, 2.45) is 0 Å². The van der Waals surface area contributed by atoms with Gasteiger partial charge in [-0.25, -0.2) is 0 Å². The van der Waals surface area contributed by atoms with Crippen molar-refractivity contribution < 1.29 is 22.7 Å². The van der Waals surface area contributed by atoms with E-state index in [1.54, 1.807) is 0 Å². The van der Waals surface area contributed by atoms with Crippen LogP contribution in [0.25, 0.3) is 0 Å². The van der Waals surface area contributed by atoms with Crippen LogP contribution in [0.4, 0.5) is 13.2 Å². The molecule has 0 aliphatic rings. The summed E-state index contributed by atoms with van der Waals surface area (Å²) in [7, 11) is -1.58. The van der Waals surface area contributed by atoms with E-state index in [-0.39, 0.29) is 5.56 Å². The minimum Gasteiger partial charge on any atom is -0.405 e. The number of benzene rings is 1. The lowest BCUT2D eigenvalue weighted by atomic mass is 10.1. The minimum absolute atomic E-state index is 0.167. The molecule has 0 aliphatic carbocycles. The maximum absolute atomic E-state index is 12.1. The SMILES string of the molecule is C[Si](C)(C)C#Cc1ccc(OC(F)(F)F)c(C=O)c1. The van der Waals surface area contributed by atoms with Gasteiger partial charge in [0.15, 0.2) is 6.29 Å². The number of carbonyl (C=O) groups is 1. The second-order valence-corrected chi connectivity index (χ2v) is 9.67. The summed E-state index contributed by atoms with van der Waals surface area (Å²) in [5.74, 6) is 2.35. The Morgan fingerprint density at radius 3 is 2.37 bits per heavy atom. The second kappa shape index (κ2) is 5.49. The standard InChI is InChI=1S/C13H13F3O2Si/c1-19(2,3)7-6-10-4-5-12(11(8-10)9-17)18-13(14,15)16/h4-5,8-9H,1-3H3. The first-order valence-corrected chi connectivity index (χ1v) is 8.99. The van der Waals surface area contributed by atoms with Gasteiger partial charge in [-0.05, 0) is 18.2 Å². The summed E-state index contributed by atoms with van der Waals surface area (Å²) in [4.78, 5) is 10.8. The third-order valence-corrected chi connectivity index (χ3v) is 2.82. The lowest BCUT2D eigenvalue weighted by Gasteiger charge is -2.10. The first-order chi connectivity index (χ1) is 8.61. The highest BCUT2D eigenvalue weighted by atomic mass is 28.3. The number of alkyl halides is 3. The van der Waals surface area contributed by atoms with Gasteiger partial charge in [0.2, 0.25) is 0 Å². The molecule has 6 heteroatoms. The van der Waals surface area contributed by atoms with Crippen molar-refractivity contribution >= 4 is 14.4 Å². The molecule has 0 unspecified atom stereocenters. The van der Waals surface area contributed by atoms with Crippen LogP contribution in [0.15, 0.2) is 18.2 Å². The van der Waals surface area contributed by atoms with Crippen molar-refractivity contribution in [2.75, 3.05) is 0 Å². The Labute approximate surface area is 110 Å². The van der Waals surface area contributed by atoms with Gasteiger partial charge in [0, 0.05) is 5.56 Å². The van der Waals surface area contributed by atoms with Crippen molar-refractivity contribution in [3.8, 4) is 17.2 Å². The number of hydrogen-bond donors (Lipinski definition) is 0. The van der Waals surface area contributed by atoms with E-state index in [0.29, 0.717) is 11.8 Å². The number of hydrogen-bond acceptors (Lipinski definition) is 2. The van der Waals surface area contributed by atoms with Gasteiger partial charge in [-0.1, -0.05) is 25.6 Å². The van der Waals surface area contributed by atoms with Crippen LogP contribution in [0.5, 0.6) is 5.75 Å². The molecule has 0 saturated carbocycles. The molecule has 0 atom stereocenters. The monoisotopic (exact) mass is 286 g/mol. The fourth-order valence-electron chi connectivity index (χ4n) is 1.20. The van der Waals surface area contributed by atoms with Crippen molar-refractivity contribution in [3.63, 3.8) is 0 Å². The average Bonchev–Trinajstić information content (AvgIpc) is 2.24. The van der Waals surface area contributed by atoms with Gasteiger partial charge in [0.25, 0.3) is 0 Å². The van der Waals surface area contributed by atoms with E-state index >= 15 is 0 Å². The summed E-state index contributed by atoms with van der Waals surface area (Å²) in [6.45, 7) is 6.13. The average molecular weight is 286 g/mol. The molecule has 102 valence electrons. The largest absolute Gasteiger partial charge is 0.573 e. The summed E-state index contributed by atoms with van der Waals surface area (Å²) >= 11 is 0. The molecule has 19 heavy (non-hydrogen) atoms. The molecule has 0 aliphatic heterocycles. The molecular weight excluding hydrogens is 273 g/mol. The summed E-state index contributed by atoms with van der Waals surface area (Å²) in [5.41, 5.74) is 3.40. The Bertz CT molecular complexity index is 534. The lowest BCUT2D eigenvalue weighted by molar-refractivity contribution is -0.274. The summed E-state index contributed by atoms with van der Waals surface area (Å²) in [5, 5.41) is 0. The van der Waals surface area contributed by atoms with Crippen LogP contribution in [0.3, 0.4) is 0 Å². The van der Waals surface area contributed by atoms with E-state index < -0.39 is 20.2 Å². The Kier molecular flexibility index (Phi) is 4.42. The molecule has 0 N–H and O–H groups in total. The van der Waals surface area contributed by atoms with E-state index in [9.17, 15) is 18.0 Å². The van der Waals surface area contributed by atoms with Gasteiger partial charge in [-0.15, -0.1) is 18.7 Å². The zero-order valence-corrected chi connectivity index (χ0v) is 11.8. The highest BCUT2D eigenvalue weighted by molar-refractivity contribution is 6.83. The number of carbonyl (C=O) groups excluding carboxylic acids is 1. The normalized spacial score (nSPS) is 11.5. The van der Waals surface area contributed by atoms with Crippen molar-refractivity contribution in [2.45, 2.75) is 26.0 Å². The van der Waals surface area contributed by atoms with E-state index in [1.807, 2.05) is 19.6 Å². The molecule has 0 saturated heterocycles. The maximum Gasteiger partial charge on any atom is 0.573 e. The van der Waals surface area contributed by atoms with E-state index in [1.165, 1.54) is 12.1 Å². The number of aldehydes is 1. The number of ether oxygens (including phenoxy) is 1. The van der Waals surface area contributed by atoms with Crippen LogP contribution >= 0.6 is 0 Å². The Morgan fingerprint density at radius 1 is 1.26 bits per heavy atom. The van der Waals surface area contributed by atoms with Gasteiger partial charge >= 0.3 is 6.36 Å². The Morgan fingerprint density at radius 2 is 1.89 bits per heavy atom. The first-order valence-electron chi connectivity index (χ1n) is 5.49. The van der Waals surface area contributed by atoms with Gasteiger partial charge in [-0.3, -0.25) is 4.79 Å². The summed E-state index contributed by atoms with van der Waals surface area (Å²) in [6.07, 6.45) is -4.50. The van der Waals surface area contributed by atoms with Gasteiger partial charge in [0.1, 0.15) is 13.8 Å². The zero-order chi connectivity index (χ0) is 14.7. The van der Waals surface area contributed by atoms with Crippen molar-refractivity contribution in [3.05, 3.63) is 29.3 Å². The molecule has 2 nitrogen and oxygen atoms in total. The second-order valence-electron chi connectivity index (χ2n) is 4.92. The Hall–Kier alpha value is -1.74. The van der Waals surface area contributed by atoms with Crippen LogP contribution < -0.4 is 4.74 Å². The molecule has 0 amide bonds. The van der Waals surface area contributed by atoms with E-state index in [4.69, 9.17) is 0 Å². The molecule has 1 aromatic carbocycles. The predicted molar refractivity (Wildman–Crippen MR) is 68.7 cm³/mol. The van der Waals surface area contributed by atoms with Crippen LogP contribution in [-0.4, -0.2) is 20.7 Å². The quantitative estimate of drug-likeness (QED) is 0.471. The van der Waals surface area contributed by atoms with E-state index in [0.717, 1.165) is 6.07 Å². The van der Waals surface area contributed by atoms with Crippen LogP contribution in [0.1, 0.15) is 15.9 Å². The molecule has 1 aromatic rings. The topological polar surface area (TPSA) is 26.3 Å². The van der Waals surface area contributed by atoms with Crippen molar-refractivity contribution in [1.82, 2.24) is 0 Å². The van der Waals surface area contributed by atoms with Crippen LogP contribution in [-0.2, 0) is 0 Å². The molecule has 1 rings (SSSR count). The summed E-state index contributed by atoms with van der Waals surface area (Å²) in [6, 6.07) is 3.80. The van der Waals surface area contributed by atoms with Crippen LogP contribution in [0.2, 0.25) is 19.6 Å². The third kappa shape index (κ3) is 5.62. The molecule has 0 bridgehead atoms. The van der Waals surface area contributed by atoms with Gasteiger partial charge < -0.3 is 4.74 Å². The van der Waals surface area contributed by atoms with Gasteiger partial charge in [0.05, 0.1) is 5.56 Å². The zero-order valence-electron chi connectivity index (χ0n) is 10.8. The molecule has 0 radical (unpaired) electrons. The third-order valence-electron chi connectivity index (χ3n) is 1.94. The predicted octanol–water partition coefficient (Wildman–Crippen LogP) is 3.63. The molecule has 0 spiro atoms. The smallest absolute Gasteiger partial charge is 0.405 e. The Balaban J connectivity index is 3.09. The minimum atomic E-state index is -4.82. The lowest BCUT2D eigenvalue weighted by Crippen LogP contribution is -2.18. The van der Waals surface area contributed by atoms with Gasteiger partial charge in [-0.2, -0.15) is 0 Å². The number of halogens is 3. The van der Waals surface area contributed by atoms with Crippen molar-refractivity contribution in [1.29, 1.82) is 0 Å².